The van der Waals surface area contributed by atoms with Gasteiger partial charge in [-0.2, -0.15) is 13.2 Å². The fourth-order valence-electron chi connectivity index (χ4n) is 2.36. The van der Waals surface area contributed by atoms with E-state index in [1.807, 2.05) is 0 Å². The molecule has 1 aromatic carbocycles. The third-order valence-electron chi connectivity index (χ3n) is 3.64. The number of amides is 1. The van der Waals surface area contributed by atoms with Gasteiger partial charge < -0.3 is 15.7 Å². The monoisotopic (exact) mass is 302 g/mol. The highest BCUT2D eigenvalue weighted by atomic mass is 19.4. The molecule has 1 aliphatic rings. The van der Waals surface area contributed by atoms with Crippen LogP contribution in [-0.4, -0.2) is 41.1 Å². The summed E-state index contributed by atoms with van der Waals surface area (Å²) in [6, 6.07) is 5.81. The van der Waals surface area contributed by atoms with E-state index in [0.717, 1.165) is 4.90 Å². The Morgan fingerprint density at radius 1 is 1.33 bits per heavy atom. The SMILES string of the molecule is Nc1cccc(C(=O)N2CCC(C(=O)O)(C(F)(F)F)C2)c1. The third kappa shape index (κ3) is 2.53. The molecule has 2 rings (SSSR count). The van der Waals surface area contributed by atoms with Gasteiger partial charge in [0, 0.05) is 24.3 Å². The molecule has 0 saturated carbocycles. The van der Waals surface area contributed by atoms with Gasteiger partial charge in [0.05, 0.1) is 0 Å². The highest BCUT2D eigenvalue weighted by Crippen LogP contribution is 2.45. The van der Waals surface area contributed by atoms with Crippen molar-refractivity contribution in [3.05, 3.63) is 29.8 Å². The van der Waals surface area contributed by atoms with E-state index in [0.29, 0.717) is 5.69 Å². The molecule has 21 heavy (non-hydrogen) atoms. The molecule has 0 aromatic heterocycles. The van der Waals surface area contributed by atoms with E-state index in [-0.39, 0.29) is 12.1 Å². The number of aliphatic carboxylic acids is 1. The average molecular weight is 302 g/mol. The summed E-state index contributed by atoms with van der Waals surface area (Å²) in [6.07, 6.45) is -5.57. The maximum absolute atomic E-state index is 13.0. The normalized spacial score (nSPS) is 22.3. The number of nitrogen functional groups attached to an aromatic ring is 1. The zero-order valence-corrected chi connectivity index (χ0v) is 10.9. The summed E-state index contributed by atoms with van der Waals surface area (Å²) in [6.45, 7) is -1.15. The molecule has 0 bridgehead atoms. The lowest BCUT2D eigenvalue weighted by Crippen LogP contribution is -2.47. The fraction of sp³-hybridized carbons (Fsp3) is 0.385. The van der Waals surface area contributed by atoms with Gasteiger partial charge in [0.15, 0.2) is 5.41 Å². The van der Waals surface area contributed by atoms with Gasteiger partial charge in [-0.3, -0.25) is 9.59 Å². The maximum atomic E-state index is 13.0. The molecule has 1 amide bonds. The molecule has 1 aromatic rings. The molecule has 1 unspecified atom stereocenters. The lowest BCUT2D eigenvalue weighted by Gasteiger charge is -2.27. The third-order valence-corrected chi connectivity index (χ3v) is 3.64. The molecule has 1 saturated heterocycles. The van der Waals surface area contributed by atoms with Crippen molar-refractivity contribution in [3.63, 3.8) is 0 Å². The number of anilines is 1. The van der Waals surface area contributed by atoms with Crippen LogP contribution in [0.4, 0.5) is 18.9 Å². The zero-order valence-electron chi connectivity index (χ0n) is 10.9. The molecule has 1 atom stereocenters. The smallest absolute Gasteiger partial charge is 0.406 e. The number of likely N-dealkylation sites (tertiary alicyclic amines) is 1. The van der Waals surface area contributed by atoms with Crippen LogP contribution in [0.5, 0.6) is 0 Å². The molecule has 1 heterocycles. The Labute approximate surface area is 118 Å². The molecule has 0 spiro atoms. The second-order valence-corrected chi connectivity index (χ2v) is 4.99. The van der Waals surface area contributed by atoms with Crippen LogP contribution in [0.2, 0.25) is 0 Å². The minimum atomic E-state index is -4.91. The van der Waals surface area contributed by atoms with Crippen LogP contribution in [0.25, 0.3) is 0 Å². The minimum Gasteiger partial charge on any atom is -0.481 e. The summed E-state index contributed by atoms with van der Waals surface area (Å²) in [5, 5.41) is 8.94. The average Bonchev–Trinajstić information content (AvgIpc) is 2.83. The van der Waals surface area contributed by atoms with Gasteiger partial charge in [-0.05, 0) is 24.6 Å². The number of carboxylic acids is 1. The highest BCUT2D eigenvalue weighted by Gasteiger charge is 2.64. The van der Waals surface area contributed by atoms with E-state index in [9.17, 15) is 22.8 Å². The van der Waals surface area contributed by atoms with Crippen LogP contribution in [-0.2, 0) is 4.79 Å². The predicted octanol–water partition coefficient (Wildman–Crippen LogP) is 1.75. The van der Waals surface area contributed by atoms with Crippen molar-refractivity contribution in [2.45, 2.75) is 12.6 Å². The van der Waals surface area contributed by atoms with Crippen LogP contribution in [0.3, 0.4) is 0 Å². The van der Waals surface area contributed by atoms with Crippen LogP contribution >= 0.6 is 0 Å². The predicted molar refractivity (Wildman–Crippen MR) is 67.5 cm³/mol. The minimum absolute atomic E-state index is 0.137. The molecule has 0 radical (unpaired) electrons. The summed E-state index contributed by atoms with van der Waals surface area (Å²) in [5.74, 6) is -2.62. The number of rotatable bonds is 2. The first-order chi connectivity index (χ1) is 9.67. The number of carboxylic acid groups (broad SMARTS) is 1. The lowest BCUT2D eigenvalue weighted by atomic mass is 9.86. The molecule has 5 nitrogen and oxygen atoms in total. The van der Waals surface area contributed by atoms with Gasteiger partial charge in [0.1, 0.15) is 0 Å². The molecular formula is C13H13F3N2O3. The standard InChI is InChI=1S/C13H13F3N2O3/c14-13(15,16)12(11(20)21)4-5-18(7-12)10(19)8-2-1-3-9(17)6-8/h1-3,6H,4-5,7,17H2,(H,20,21). The molecule has 8 heteroatoms. The van der Waals surface area contributed by atoms with Crippen molar-refractivity contribution in [1.29, 1.82) is 0 Å². The Morgan fingerprint density at radius 3 is 2.48 bits per heavy atom. The number of carbonyl (C=O) groups is 2. The number of nitrogens with zero attached hydrogens (tertiary/aromatic N) is 1. The summed E-state index contributed by atoms with van der Waals surface area (Å²) in [4.78, 5) is 24.1. The number of alkyl halides is 3. The van der Waals surface area contributed by atoms with Gasteiger partial charge >= 0.3 is 12.1 Å². The number of benzene rings is 1. The lowest BCUT2D eigenvalue weighted by molar-refractivity contribution is -0.227. The Kier molecular flexibility index (Phi) is 3.56. The van der Waals surface area contributed by atoms with Gasteiger partial charge in [0.2, 0.25) is 0 Å². The van der Waals surface area contributed by atoms with E-state index in [4.69, 9.17) is 10.8 Å². The molecule has 1 fully saturated rings. The number of halogens is 3. The van der Waals surface area contributed by atoms with Crippen LogP contribution < -0.4 is 5.73 Å². The quantitative estimate of drug-likeness (QED) is 0.815. The first-order valence-electron chi connectivity index (χ1n) is 6.12. The first-order valence-corrected chi connectivity index (χ1v) is 6.12. The molecule has 1 aliphatic heterocycles. The van der Waals surface area contributed by atoms with E-state index in [2.05, 4.69) is 0 Å². The maximum Gasteiger partial charge on any atom is 0.406 e. The number of carbonyl (C=O) groups excluding carboxylic acids is 1. The van der Waals surface area contributed by atoms with Crippen molar-refractivity contribution in [3.8, 4) is 0 Å². The Bertz CT molecular complexity index is 588. The summed E-state index contributed by atoms with van der Waals surface area (Å²) >= 11 is 0. The van der Waals surface area contributed by atoms with Gasteiger partial charge in [-0.15, -0.1) is 0 Å². The van der Waals surface area contributed by atoms with Crippen LogP contribution in [0.1, 0.15) is 16.8 Å². The van der Waals surface area contributed by atoms with E-state index in [1.165, 1.54) is 24.3 Å². The first kappa shape index (κ1) is 15.1. The van der Waals surface area contributed by atoms with E-state index in [1.54, 1.807) is 0 Å². The molecule has 114 valence electrons. The van der Waals surface area contributed by atoms with E-state index >= 15 is 0 Å². The number of hydrogen-bond acceptors (Lipinski definition) is 3. The fourth-order valence-corrected chi connectivity index (χ4v) is 2.36. The summed E-state index contributed by atoms with van der Waals surface area (Å²) < 4.78 is 39.1. The Hall–Kier alpha value is -2.25. The Balaban J connectivity index is 2.26. The second-order valence-electron chi connectivity index (χ2n) is 4.99. The largest absolute Gasteiger partial charge is 0.481 e. The zero-order chi connectivity index (χ0) is 15.8. The van der Waals surface area contributed by atoms with Gasteiger partial charge in [-0.25, -0.2) is 0 Å². The molecule has 0 aliphatic carbocycles. The van der Waals surface area contributed by atoms with Crippen LogP contribution in [0, 0.1) is 5.41 Å². The summed E-state index contributed by atoms with van der Waals surface area (Å²) in [7, 11) is 0. The van der Waals surface area contributed by atoms with Gasteiger partial charge in [0.25, 0.3) is 5.91 Å². The highest BCUT2D eigenvalue weighted by molar-refractivity contribution is 5.95. The van der Waals surface area contributed by atoms with Gasteiger partial charge in [-0.1, -0.05) is 6.07 Å². The van der Waals surface area contributed by atoms with Crippen molar-refractivity contribution in [2.75, 3.05) is 18.8 Å². The second kappa shape index (κ2) is 4.94. The van der Waals surface area contributed by atoms with Crippen molar-refractivity contribution < 1.29 is 27.9 Å². The number of hydrogen-bond donors (Lipinski definition) is 2. The van der Waals surface area contributed by atoms with E-state index < -0.39 is 36.4 Å². The number of nitrogens with two attached hydrogens (primary N) is 1. The molecule has 3 N–H and O–H groups in total. The molecular weight excluding hydrogens is 289 g/mol. The Morgan fingerprint density at radius 2 is 2.00 bits per heavy atom. The van der Waals surface area contributed by atoms with Crippen LogP contribution in [0.15, 0.2) is 24.3 Å². The van der Waals surface area contributed by atoms with Crippen molar-refractivity contribution >= 4 is 17.6 Å². The van der Waals surface area contributed by atoms with Crippen molar-refractivity contribution in [2.24, 2.45) is 5.41 Å². The topological polar surface area (TPSA) is 83.6 Å². The summed E-state index contributed by atoms with van der Waals surface area (Å²) in [5.41, 5.74) is 3.06. The van der Waals surface area contributed by atoms with Crippen molar-refractivity contribution in [1.82, 2.24) is 4.90 Å².